The first-order valence-electron chi connectivity index (χ1n) is 7.26. The van der Waals surface area contributed by atoms with Gasteiger partial charge in [-0.3, -0.25) is 0 Å². The Labute approximate surface area is 159 Å². The van der Waals surface area contributed by atoms with Crippen LogP contribution in [-0.4, -0.2) is 19.2 Å². The maximum atomic E-state index is 11.1. The molecule has 22 heavy (non-hydrogen) atoms. The number of hydrogen-bond acceptors (Lipinski definition) is 3. The monoisotopic (exact) mass is 381 g/mol. The molecule has 0 aliphatic carbocycles. The van der Waals surface area contributed by atoms with Crippen molar-refractivity contribution in [1.29, 1.82) is 0 Å². The quantitative estimate of drug-likeness (QED) is 0.292. The van der Waals surface area contributed by atoms with Crippen molar-refractivity contribution in [1.82, 2.24) is 0 Å². The molecule has 121 valence electrons. The van der Waals surface area contributed by atoms with Crippen LogP contribution in [-0.2, 0) is 47.1 Å². The van der Waals surface area contributed by atoms with Crippen molar-refractivity contribution < 1.29 is 47.1 Å². The summed E-state index contributed by atoms with van der Waals surface area (Å²) in [5, 5.41) is 0. The van der Waals surface area contributed by atoms with Crippen molar-refractivity contribution in [3.63, 3.8) is 0 Å². The second-order valence-electron chi connectivity index (χ2n) is 4.59. The van der Waals surface area contributed by atoms with E-state index in [1.54, 1.807) is 6.92 Å². The molecule has 0 saturated carbocycles. The first-order valence-corrected chi connectivity index (χ1v) is 7.26. The fourth-order valence-electron chi connectivity index (χ4n) is 1.34. The van der Waals surface area contributed by atoms with Crippen LogP contribution in [0.2, 0.25) is 0 Å². The average Bonchev–Trinajstić information content (AvgIpc) is 2.49. The van der Waals surface area contributed by atoms with E-state index in [2.05, 4.69) is 25.9 Å². The number of ether oxygens (including phenoxy) is 1. The summed E-state index contributed by atoms with van der Waals surface area (Å²) in [6.45, 7) is 13.8. The zero-order valence-electron chi connectivity index (χ0n) is 14.3. The minimum atomic E-state index is -0.412. The third kappa shape index (κ3) is 10.1. The third-order valence-corrected chi connectivity index (χ3v) is 2.49. The van der Waals surface area contributed by atoms with E-state index in [9.17, 15) is 4.79 Å². The summed E-state index contributed by atoms with van der Waals surface area (Å²) < 4.78 is 4.87. The van der Waals surface area contributed by atoms with Crippen molar-refractivity contribution in [2.75, 3.05) is 13.2 Å². The number of benzene rings is 1. The number of rotatable bonds is 7. The standard InChI is InChI=1S/C15H20NO3.C2H6.Y/c1-11(2)13-5-7-14(8-6-13)16-19-10-9-18-15(17)12(3)4;1-2;/h5-8,11H,3,9-10H2,1-2,4H3;1-2H3;/q-1;;. The molecular weight excluding hydrogens is 355 g/mol. The molecule has 4 nitrogen and oxygen atoms in total. The van der Waals surface area contributed by atoms with Gasteiger partial charge in [0.05, 0.1) is 6.61 Å². The molecule has 0 saturated heterocycles. The molecule has 0 aromatic heterocycles. The Bertz CT molecular complexity index is 430. The van der Waals surface area contributed by atoms with Crippen LogP contribution in [0, 0.1) is 0 Å². The van der Waals surface area contributed by atoms with Gasteiger partial charge >= 0.3 is 5.97 Å². The molecule has 0 amide bonds. The first-order chi connectivity index (χ1) is 10.0. The van der Waals surface area contributed by atoms with Gasteiger partial charge in [-0.15, -0.1) is 5.69 Å². The molecule has 0 aliphatic heterocycles. The van der Waals surface area contributed by atoms with Crippen LogP contribution in [0.15, 0.2) is 36.4 Å². The van der Waals surface area contributed by atoms with Crippen LogP contribution >= 0.6 is 0 Å². The maximum absolute atomic E-state index is 11.1. The van der Waals surface area contributed by atoms with E-state index in [0.717, 1.165) is 5.69 Å². The van der Waals surface area contributed by atoms with Gasteiger partial charge in [0, 0.05) is 38.3 Å². The Balaban J connectivity index is 0. The molecule has 0 spiro atoms. The topological polar surface area (TPSA) is 49.6 Å². The van der Waals surface area contributed by atoms with E-state index in [1.165, 1.54) is 5.56 Å². The normalized spacial score (nSPS) is 9.18. The molecule has 1 radical (unpaired) electrons. The van der Waals surface area contributed by atoms with Crippen LogP contribution < -0.4 is 0 Å². The van der Waals surface area contributed by atoms with Crippen molar-refractivity contribution >= 4 is 11.7 Å². The van der Waals surface area contributed by atoms with Crippen LogP contribution in [0.1, 0.15) is 46.1 Å². The predicted molar refractivity (Wildman–Crippen MR) is 86.6 cm³/mol. The minimum absolute atomic E-state index is 0. The van der Waals surface area contributed by atoms with Crippen molar-refractivity contribution in [2.45, 2.75) is 40.5 Å². The van der Waals surface area contributed by atoms with Crippen molar-refractivity contribution in [3.05, 3.63) is 47.5 Å². The molecule has 0 fully saturated rings. The first kappa shape index (κ1) is 23.6. The van der Waals surface area contributed by atoms with Crippen molar-refractivity contribution in [2.24, 2.45) is 0 Å². The van der Waals surface area contributed by atoms with E-state index in [0.29, 0.717) is 11.5 Å². The fourth-order valence-corrected chi connectivity index (χ4v) is 1.34. The zero-order valence-corrected chi connectivity index (χ0v) is 17.1. The van der Waals surface area contributed by atoms with Gasteiger partial charge in [-0.05, 0) is 18.4 Å². The van der Waals surface area contributed by atoms with Crippen LogP contribution in [0.25, 0.3) is 5.48 Å². The van der Waals surface area contributed by atoms with E-state index in [-0.39, 0.29) is 45.9 Å². The number of esters is 1. The minimum Gasteiger partial charge on any atom is -0.562 e. The smallest absolute Gasteiger partial charge is 0.333 e. The van der Waals surface area contributed by atoms with Crippen molar-refractivity contribution in [3.8, 4) is 0 Å². The Hall–Kier alpha value is -0.706. The largest absolute Gasteiger partial charge is 0.562 e. The SMILES string of the molecule is C=C(C)C(=O)OCCO[N-]c1ccc(C(C)C)cc1.CC.[Y]. The van der Waals surface area contributed by atoms with Gasteiger partial charge in [0.15, 0.2) is 0 Å². The molecule has 1 rings (SSSR count). The Morgan fingerprint density at radius 3 is 2.18 bits per heavy atom. The molecule has 0 unspecified atom stereocenters. The second-order valence-corrected chi connectivity index (χ2v) is 4.59. The molecule has 0 aliphatic rings. The molecular formula is C17H26NO3Y-. The van der Waals surface area contributed by atoms with Gasteiger partial charge in [-0.2, -0.15) is 0 Å². The molecule has 0 heterocycles. The van der Waals surface area contributed by atoms with Crippen LogP contribution in [0.3, 0.4) is 0 Å². The van der Waals surface area contributed by atoms with E-state index in [1.807, 2.05) is 38.1 Å². The van der Waals surface area contributed by atoms with E-state index in [4.69, 9.17) is 9.57 Å². The molecule has 1 aromatic rings. The summed E-state index contributed by atoms with van der Waals surface area (Å²) >= 11 is 0. The number of carbonyl (C=O) groups excluding carboxylic acids is 1. The fraction of sp³-hybridized carbons (Fsp3) is 0.471. The van der Waals surface area contributed by atoms with Gasteiger partial charge in [0.2, 0.25) is 0 Å². The second kappa shape index (κ2) is 13.9. The number of nitrogens with zero attached hydrogens (tertiary/aromatic N) is 1. The predicted octanol–water partition coefficient (Wildman–Crippen LogP) is 4.89. The maximum Gasteiger partial charge on any atom is 0.333 e. The van der Waals surface area contributed by atoms with Crippen LogP contribution in [0.4, 0.5) is 5.69 Å². The van der Waals surface area contributed by atoms with Gasteiger partial charge < -0.3 is 15.1 Å². The summed E-state index contributed by atoms with van der Waals surface area (Å²) in [5.74, 6) is 0.0846. The summed E-state index contributed by atoms with van der Waals surface area (Å²) in [4.78, 5) is 16.1. The zero-order chi connectivity index (χ0) is 16.3. The van der Waals surface area contributed by atoms with Gasteiger partial charge in [0.1, 0.15) is 6.61 Å². The third-order valence-electron chi connectivity index (χ3n) is 2.49. The summed E-state index contributed by atoms with van der Waals surface area (Å²) in [5.41, 5.74) is 6.32. The van der Waals surface area contributed by atoms with Gasteiger partial charge in [-0.25, -0.2) is 4.79 Å². The molecule has 0 bridgehead atoms. The summed E-state index contributed by atoms with van der Waals surface area (Å²) in [6, 6.07) is 7.84. The Kier molecular flexibility index (Phi) is 14.9. The molecule has 0 N–H and O–H groups in total. The van der Waals surface area contributed by atoms with E-state index >= 15 is 0 Å². The Morgan fingerprint density at radius 2 is 1.73 bits per heavy atom. The number of hydrogen-bond donors (Lipinski definition) is 0. The number of carbonyl (C=O) groups is 1. The molecule has 0 atom stereocenters. The van der Waals surface area contributed by atoms with Crippen LogP contribution in [0.5, 0.6) is 0 Å². The molecule has 5 heteroatoms. The van der Waals surface area contributed by atoms with Gasteiger partial charge in [-0.1, -0.05) is 58.5 Å². The summed E-state index contributed by atoms with van der Waals surface area (Å²) in [6.07, 6.45) is 0. The average molecular weight is 381 g/mol. The van der Waals surface area contributed by atoms with Gasteiger partial charge in [0.25, 0.3) is 0 Å². The van der Waals surface area contributed by atoms with E-state index < -0.39 is 5.97 Å². The summed E-state index contributed by atoms with van der Waals surface area (Å²) in [7, 11) is 0. The molecule has 1 aromatic carbocycles. The Morgan fingerprint density at radius 1 is 1.18 bits per heavy atom.